The molecule has 0 aliphatic heterocycles. The number of hydrogen-bond acceptors (Lipinski definition) is 4. The van der Waals surface area contributed by atoms with Gasteiger partial charge in [-0.1, -0.05) is 0 Å². The Hall–Kier alpha value is -1.91. The maximum absolute atomic E-state index is 10.5. The first kappa shape index (κ1) is 13.2. The molecule has 0 saturated carbocycles. The molecule has 0 aliphatic carbocycles. The summed E-state index contributed by atoms with van der Waals surface area (Å²) in [5.74, 6) is -0.637. The van der Waals surface area contributed by atoms with Crippen molar-refractivity contribution >= 4 is 13.7 Å². The van der Waals surface area contributed by atoms with Crippen LogP contribution in [0.5, 0.6) is 5.75 Å². The zero-order valence-electron chi connectivity index (χ0n) is 9.82. The lowest BCUT2D eigenvalue weighted by atomic mass is 10.1. The van der Waals surface area contributed by atoms with E-state index < -0.39 is 5.87 Å². The molecule has 0 fully saturated rings. The summed E-state index contributed by atoms with van der Waals surface area (Å²) in [6.45, 7) is 7.01. The van der Waals surface area contributed by atoms with Gasteiger partial charge in [0.25, 0.3) is 5.95 Å². The molecule has 0 bridgehead atoms. The quantitative estimate of drug-likeness (QED) is 0.640. The number of hydrogen-bond donors (Lipinski definition) is 1. The van der Waals surface area contributed by atoms with Crippen molar-refractivity contribution in [1.29, 1.82) is 0 Å². The minimum Gasteiger partial charge on any atom is -0.481 e. The van der Waals surface area contributed by atoms with E-state index in [2.05, 4.69) is 11.3 Å². The zero-order valence-corrected chi connectivity index (χ0v) is 9.82. The lowest BCUT2D eigenvalue weighted by Gasteiger charge is -2.12. The Labute approximate surface area is 101 Å². The summed E-state index contributed by atoms with van der Waals surface area (Å²) in [6.07, 6.45) is 0. The highest BCUT2D eigenvalue weighted by Crippen LogP contribution is 2.26. The molecule has 88 valence electrons. The van der Waals surface area contributed by atoms with Gasteiger partial charge in [-0.25, -0.2) is 0 Å². The van der Waals surface area contributed by atoms with Gasteiger partial charge in [0, 0.05) is 0 Å². The Morgan fingerprint density at radius 2 is 1.94 bits per heavy atom. The minimum atomic E-state index is -0.815. The lowest BCUT2D eigenvalue weighted by molar-refractivity contribution is 0.167. The number of aliphatic hydroxyl groups is 1. The SMILES string of the molecule is [B]C(=O)OCc1cc(C)c(OC(=C)O)c(C)c1. The van der Waals surface area contributed by atoms with Crippen molar-refractivity contribution in [3.8, 4) is 5.75 Å². The lowest BCUT2D eigenvalue weighted by Crippen LogP contribution is -2.03. The van der Waals surface area contributed by atoms with Crippen LogP contribution in [0.2, 0.25) is 0 Å². The normalized spacial score (nSPS) is 9.76. The Kier molecular flexibility index (Phi) is 4.20. The fourth-order valence-electron chi connectivity index (χ4n) is 1.56. The molecule has 0 spiro atoms. The molecule has 0 heterocycles. The average molecular weight is 232 g/mol. The van der Waals surface area contributed by atoms with Gasteiger partial charge in [0.15, 0.2) is 0 Å². The Balaban J connectivity index is 2.92. The van der Waals surface area contributed by atoms with E-state index >= 15 is 0 Å². The second-order valence-electron chi connectivity index (χ2n) is 3.66. The fourth-order valence-corrected chi connectivity index (χ4v) is 1.56. The molecule has 0 unspecified atom stereocenters. The molecular weight excluding hydrogens is 219 g/mol. The summed E-state index contributed by atoms with van der Waals surface area (Å²) in [4.78, 5) is 10.5. The molecule has 1 aromatic rings. The fraction of sp³-hybridized carbons (Fsp3) is 0.250. The van der Waals surface area contributed by atoms with E-state index in [-0.39, 0.29) is 12.6 Å². The molecule has 1 rings (SSSR count). The van der Waals surface area contributed by atoms with Crippen LogP contribution in [0.3, 0.4) is 0 Å². The van der Waals surface area contributed by atoms with Crippen LogP contribution in [0.4, 0.5) is 4.79 Å². The summed E-state index contributed by atoms with van der Waals surface area (Å²) in [7, 11) is 4.88. The van der Waals surface area contributed by atoms with Crippen molar-refractivity contribution in [2.45, 2.75) is 20.5 Å². The molecule has 2 radical (unpaired) electrons. The highest BCUT2D eigenvalue weighted by Gasteiger charge is 2.08. The Bertz CT molecular complexity index is 431. The van der Waals surface area contributed by atoms with Gasteiger partial charge in [-0.15, -0.1) is 0 Å². The first-order valence-corrected chi connectivity index (χ1v) is 4.98. The number of aliphatic hydroxyl groups excluding tert-OH is 1. The van der Waals surface area contributed by atoms with Crippen LogP contribution in [-0.4, -0.2) is 18.8 Å². The number of benzene rings is 1. The molecule has 1 aromatic carbocycles. The molecule has 0 aliphatic rings. The van der Waals surface area contributed by atoms with E-state index in [9.17, 15) is 4.79 Å². The standard InChI is InChI=1S/C12H13BO4/c1-7-4-10(6-16-12(13)15)5-8(2)11(7)17-9(3)14/h4-5,14H,3,6H2,1-2H3. The van der Waals surface area contributed by atoms with Crippen LogP contribution in [-0.2, 0) is 11.3 Å². The van der Waals surface area contributed by atoms with Crippen molar-refractivity contribution in [1.82, 2.24) is 0 Å². The number of carbonyl (C=O) groups is 1. The highest BCUT2D eigenvalue weighted by molar-refractivity contribution is 6.55. The van der Waals surface area contributed by atoms with Crippen LogP contribution in [0, 0.1) is 13.8 Å². The predicted molar refractivity (Wildman–Crippen MR) is 64.3 cm³/mol. The minimum absolute atomic E-state index is 0.108. The zero-order chi connectivity index (χ0) is 13.0. The molecule has 0 atom stereocenters. The maximum atomic E-state index is 10.5. The number of ether oxygens (including phenoxy) is 2. The van der Waals surface area contributed by atoms with E-state index in [0.717, 1.165) is 16.7 Å². The van der Waals surface area contributed by atoms with Gasteiger partial charge >= 0.3 is 0 Å². The first-order valence-electron chi connectivity index (χ1n) is 4.98. The van der Waals surface area contributed by atoms with E-state index in [0.29, 0.717) is 5.75 Å². The van der Waals surface area contributed by atoms with Crippen molar-refractivity contribution in [3.63, 3.8) is 0 Å². The smallest absolute Gasteiger partial charge is 0.274 e. The van der Waals surface area contributed by atoms with Crippen LogP contribution in [0.15, 0.2) is 24.7 Å². The number of aryl methyl sites for hydroxylation is 2. The molecule has 5 heteroatoms. The maximum Gasteiger partial charge on any atom is 0.274 e. The summed E-state index contributed by atoms with van der Waals surface area (Å²) < 4.78 is 9.77. The summed E-state index contributed by atoms with van der Waals surface area (Å²) in [5, 5.41) is 9.00. The van der Waals surface area contributed by atoms with Crippen LogP contribution in [0.1, 0.15) is 16.7 Å². The van der Waals surface area contributed by atoms with Gasteiger partial charge in [-0.3, -0.25) is 4.79 Å². The molecule has 4 nitrogen and oxygen atoms in total. The molecule has 0 aromatic heterocycles. The van der Waals surface area contributed by atoms with Crippen molar-refractivity contribution in [2.75, 3.05) is 0 Å². The average Bonchev–Trinajstić information content (AvgIpc) is 2.20. The predicted octanol–water partition coefficient (Wildman–Crippen LogP) is 2.52. The second-order valence-corrected chi connectivity index (χ2v) is 3.66. The van der Waals surface area contributed by atoms with Gasteiger partial charge in [0.05, 0.1) is 0 Å². The molecule has 0 amide bonds. The topological polar surface area (TPSA) is 55.8 Å². The second kappa shape index (κ2) is 5.43. The summed E-state index contributed by atoms with van der Waals surface area (Å²) in [6, 6.07) is 3.57. The third-order valence-electron chi connectivity index (χ3n) is 2.12. The van der Waals surface area contributed by atoms with Gasteiger partial charge in [0.2, 0.25) is 13.7 Å². The monoisotopic (exact) mass is 232 g/mol. The van der Waals surface area contributed by atoms with Gasteiger partial charge in [-0.05, 0) is 49.2 Å². The molecule has 0 saturated heterocycles. The largest absolute Gasteiger partial charge is 0.481 e. The van der Waals surface area contributed by atoms with Crippen LogP contribution < -0.4 is 4.74 Å². The Morgan fingerprint density at radius 1 is 1.41 bits per heavy atom. The van der Waals surface area contributed by atoms with E-state index in [1.807, 2.05) is 13.8 Å². The molecule has 17 heavy (non-hydrogen) atoms. The third-order valence-corrected chi connectivity index (χ3v) is 2.12. The van der Waals surface area contributed by atoms with Crippen molar-refractivity contribution in [2.24, 2.45) is 0 Å². The Morgan fingerprint density at radius 3 is 2.35 bits per heavy atom. The van der Waals surface area contributed by atoms with Crippen molar-refractivity contribution in [3.05, 3.63) is 41.3 Å². The van der Waals surface area contributed by atoms with E-state index in [4.69, 9.17) is 17.7 Å². The number of rotatable bonds is 4. The highest BCUT2D eigenvalue weighted by atomic mass is 16.6. The van der Waals surface area contributed by atoms with Crippen LogP contribution >= 0.6 is 0 Å². The van der Waals surface area contributed by atoms with Gasteiger partial charge < -0.3 is 14.6 Å². The van der Waals surface area contributed by atoms with E-state index in [1.165, 1.54) is 0 Å². The molecule has 1 N–H and O–H groups in total. The first-order chi connectivity index (χ1) is 7.90. The van der Waals surface area contributed by atoms with Crippen molar-refractivity contribution < 1.29 is 19.4 Å². The summed E-state index contributed by atoms with van der Waals surface area (Å²) in [5.41, 5.74) is 2.42. The molecular formula is C12H13BO4. The van der Waals surface area contributed by atoms with Gasteiger partial charge in [-0.2, -0.15) is 0 Å². The number of carbonyl (C=O) groups excluding carboxylic acids is 1. The third kappa shape index (κ3) is 3.87. The van der Waals surface area contributed by atoms with E-state index in [1.54, 1.807) is 12.1 Å². The van der Waals surface area contributed by atoms with Gasteiger partial charge in [0.1, 0.15) is 12.4 Å². The summed E-state index contributed by atoms with van der Waals surface area (Å²) >= 11 is 0. The van der Waals surface area contributed by atoms with Crippen LogP contribution in [0.25, 0.3) is 0 Å².